The molecule has 0 radical (unpaired) electrons. The number of aryl methyl sites for hydroxylation is 1. The summed E-state index contributed by atoms with van der Waals surface area (Å²) < 4.78 is 5.83. The number of carbonyl (C=O) groups excluding carboxylic acids is 1. The van der Waals surface area contributed by atoms with Crippen LogP contribution >= 0.6 is 0 Å². The Morgan fingerprint density at radius 2 is 2.18 bits per heavy atom. The number of nitrogens with one attached hydrogen (secondary N) is 1. The SMILES string of the molecule is CCC(CNC(=O)CN)Oc1ccccc1C. The van der Waals surface area contributed by atoms with Crippen molar-refractivity contribution >= 4 is 5.91 Å². The van der Waals surface area contributed by atoms with Gasteiger partial charge < -0.3 is 15.8 Å². The van der Waals surface area contributed by atoms with Crippen LogP contribution in [0.1, 0.15) is 18.9 Å². The number of amides is 1. The molecule has 1 unspecified atom stereocenters. The van der Waals surface area contributed by atoms with E-state index in [2.05, 4.69) is 5.32 Å². The van der Waals surface area contributed by atoms with Crippen LogP contribution in [0.15, 0.2) is 24.3 Å². The number of benzene rings is 1. The average Bonchev–Trinajstić information content (AvgIpc) is 2.36. The third-order valence-electron chi connectivity index (χ3n) is 2.55. The van der Waals surface area contributed by atoms with Crippen molar-refractivity contribution in [3.8, 4) is 5.75 Å². The first-order valence-electron chi connectivity index (χ1n) is 5.86. The van der Waals surface area contributed by atoms with Gasteiger partial charge in [-0.15, -0.1) is 0 Å². The Morgan fingerprint density at radius 1 is 1.47 bits per heavy atom. The molecule has 0 aliphatic carbocycles. The van der Waals surface area contributed by atoms with Gasteiger partial charge in [-0.3, -0.25) is 4.79 Å². The summed E-state index contributed by atoms with van der Waals surface area (Å²) in [5, 5.41) is 2.73. The molecular weight excluding hydrogens is 216 g/mol. The lowest BCUT2D eigenvalue weighted by Gasteiger charge is -2.19. The normalized spacial score (nSPS) is 11.9. The topological polar surface area (TPSA) is 64.4 Å². The molecule has 94 valence electrons. The molecule has 0 saturated heterocycles. The number of ether oxygens (including phenoxy) is 1. The summed E-state index contributed by atoms with van der Waals surface area (Å²) in [7, 11) is 0. The highest BCUT2D eigenvalue weighted by molar-refractivity contribution is 5.77. The molecule has 0 spiro atoms. The number of carbonyl (C=O) groups is 1. The van der Waals surface area contributed by atoms with Gasteiger partial charge in [0.05, 0.1) is 13.1 Å². The second-order valence-electron chi connectivity index (χ2n) is 3.92. The van der Waals surface area contributed by atoms with Gasteiger partial charge >= 0.3 is 0 Å². The van der Waals surface area contributed by atoms with Crippen molar-refractivity contribution in [2.75, 3.05) is 13.1 Å². The van der Waals surface area contributed by atoms with E-state index in [0.717, 1.165) is 17.7 Å². The van der Waals surface area contributed by atoms with Gasteiger partial charge in [0, 0.05) is 0 Å². The smallest absolute Gasteiger partial charge is 0.233 e. The van der Waals surface area contributed by atoms with Crippen molar-refractivity contribution in [1.29, 1.82) is 0 Å². The Balaban J connectivity index is 2.52. The molecule has 0 aliphatic rings. The fourth-order valence-corrected chi connectivity index (χ4v) is 1.44. The molecule has 0 bridgehead atoms. The molecule has 1 rings (SSSR count). The molecule has 4 heteroatoms. The zero-order valence-corrected chi connectivity index (χ0v) is 10.4. The zero-order chi connectivity index (χ0) is 12.7. The van der Waals surface area contributed by atoms with E-state index >= 15 is 0 Å². The first kappa shape index (κ1) is 13.5. The lowest BCUT2D eigenvalue weighted by Crippen LogP contribution is -2.38. The lowest BCUT2D eigenvalue weighted by atomic mass is 10.2. The van der Waals surface area contributed by atoms with Gasteiger partial charge in [-0.2, -0.15) is 0 Å². The highest BCUT2D eigenvalue weighted by atomic mass is 16.5. The van der Waals surface area contributed by atoms with Gasteiger partial charge in [0.1, 0.15) is 11.9 Å². The maximum absolute atomic E-state index is 11.1. The van der Waals surface area contributed by atoms with Crippen molar-refractivity contribution in [2.24, 2.45) is 5.73 Å². The van der Waals surface area contributed by atoms with Crippen LogP contribution in [-0.4, -0.2) is 25.1 Å². The molecule has 0 aromatic heterocycles. The van der Waals surface area contributed by atoms with E-state index in [-0.39, 0.29) is 18.6 Å². The fourth-order valence-electron chi connectivity index (χ4n) is 1.44. The predicted octanol–water partition coefficient (Wildman–Crippen LogP) is 1.23. The minimum atomic E-state index is -0.156. The maximum atomic E-state index is 11.1. The molecule has 4 nitrogen and oxygen atoms in total. The quantitative estimate of drug-likeness (QED) is 0.780. The molecule has 1 aromatic carbocycles. The number of hydrogen-bond acceptors (Lipinski definition) is 3. The van der Waals surface area contributed by atoms with Crippen LogP contribution in [0.3, 0.4) is 0 Å². The molecule has 0 aliphatic heterocycles. The summed E-state index contributed by atoms with van der Waals surface area (Å²) in [4.78, 5) is 11.1. The number of hydrogen-bond donors (Lipinski definition) is 2. The number of para-hydroxylation sites is 1. The molecule has 17 heavy (non-hydrogen) atoms. The highest BCUT2D eigenvalue weighted by Gasteiger charge is 2.10. The molecule has 0 fully saturated rings. The molecule has 3 N–H and O–H groups in total. The van der Waals surface area contributed by atoms with Crippen LogP contribution in [-0.2, 0) is 4.79 Å². The second-order valence-corrected chi connectivity index (χ2v) is 3.92. The molecule has 0 saturated carbocycles. The Morgan fingerprint density at radius 3 is 2.76 bits per heavy atom. The van der Waals surface area contributed by atoms with Gasteiger partial charge in [-0.1, -0.05) is 25.1 Å². The van der Waals surface area contributed by atoms with Crippen molar-refractivity contribution < 1.29 is 9.53 Å². The van der Waals surface area contributed by atoms with Crippen LogP contribution in [0.4, 0.5) is 0 Å². The van der Waals surface area contributed by atoms with E-state index in [1.54, 1.807) is 0 Å². The zero-order valence-electron chi connectivity index (χ0n) is 10.4. The van der Waals surface area contributed by atoms with Gasteiger partial charge in [0.25, 0.3) is 0 Å². The van der Waals surface area contributed by atoms with Crippen molar-refractivity contribution in [3.05, 3.63) is 29.8 Å². The summed E-state index contributed by atoms with van der Waals surface area (Å²) in [6.07, 6.45) is 0.811. The standard InChI is InChI=1S/C13H20N2O2/c1-3-11(9-15-13(16)8-14)17-12-7-5-4-6-10(12)2/h4-7,11H,3,8-9,14H2,1-2H3,(H,15,16). The van der Waals surface area contributed by atoms with Crippen molar-refractivity contribution in [3.63, 3.8) is 0 Å². The number of nitrogens with two attached hydrogens (primary N) is 1. The Labute approximate surface area is 102 Å². The predicted molar refractivity (Wildman–Crippen MR) is 68.0 cm³/mol. The van der Waals surface area contributed by atoms with Crippen molar-refractivity contribution in [2.45, 2.75) is 26.4 Å². The van der Waals surface area contributed by atoms with Crippen LogP contribution in [0.2, 0.25) is 0 Å². The van der Waals surface area contributed by atoms with E-state index < -0.39 is 0 Å². The Kier molecular flexibility index (Phi) is 5.49. The Bertz CT molecular complexity index is 366. The summed E-state index contributed by atoms with van der Waals surface area (Å²) in [5.41, 5.74) is 6.32. The largest absolute Gasteiger partial charge is 0.488 e. The second kappa shape index (κ2) is 6.91. The molecule has 1 atom stereocenters. The average molecular weight is 236 g/mol. The van der Waals surface area contributed by atoms with Crippen LogP contribution < -0.4 is 15.8 Å². The lowest BCUT2D eigenvalue weighted by molar-refractivity contribution is -0.120. The Hall–Kier alpha value is -1.55. The molecular formula is C13H20N2O2. The first-order chi connectivity index (χ1) is 8.17. The summed E-state index contributed by atoms with van der Waals surface area (Å²) in [6, 6.07) is 7.84. The summed E-state index contributed by atoms with van der Waals surface area (Å²) in [6.45, 7) is 4.53. The van der Waals surface area contributed by atoms with Gasteiger partial charge in [-0.05, 0) is 25.0 Å². The van der Waals surface area contributed by atoms with E-state index in [9.17, 15) is 4.79 Å². The first-order valence-corrected chi connectivity index (χ1v) is 5.86. The minimum absolute atomic E-state index is 0.0147. The van der Waals surface area contributed by atoms with Gasteiger partial charge in [0.2, 0.25) is 5.91 Å². The van der Waals surface area contributed by atoms with E-state index in [1.807, 2.05) is 38.1 Å². The van der Waals surface area contributed by atoms with E-state index in [4.69, 9.17) is 10.5 Å². The van der Waals surface area contributed by atoms with Crippen LogP contribution in [0.25, 0.3) is 0 Å². The van der Waals surface area contributed by atoms with Crippen molar-refractivity contribution in [1.82, 2.24) is 5.32 Å². The molecule has 1 aromatic rings. The third kappa shape index (κ3) is 4.44. The van der Waals surface area contributed by atoms with E-state index in [0.29, 0.717) is 6.54 Å². The minimum Gasteiger partial charge on any atom is -0.488 e. The number of rotatable bonds is 6. The fraction of sp³-hybridized carbons (Fsp3) is 0.462. The van der Waals surface area contributed by atoms with E-state index in [1.165, 1.54) is 0 Å². The summed E-state index contributed by atoms with van der Waals surface area (Å²) in [5.74, 6) is 0.707. The van der Waals surface area contributed by atoms with Gasteiger partial charge in [-0.25, -0.2) is 0 Å². The molecule has 0 heterocycles. The van der Waals surface area contributed by atoms with Crippen LogP contribution in [0, 0.1) is 6.92 Å². The van der Waals surface area contributed by atoms with Gasteiger partial charge in [0.15, 0.2) is 0 Å². The van der Waals surface area contributed by atoms with Crippen LogP contribution in [0.5, 0.6) is 5.75 Å². The molecule has 1 amide bonds. The third-order valence-corrected chi connectivity index (χ3v) is 2.55. The maximum Gasteiger partial charge on any atom is 0.233 e. The summed E-state index contributed by atoms with van der Waals surface area (Å²) >= 11 is 0. The monoisotopic (exact) mass is 236 g/mol. The highest BCUT2D eigenvalue weighted by Crippen LogP contribution is 2.18.